The maximum absolute atomic E-state index is 12.8. The number of nitrogens with two attached hydrogens (primary N) is 1. The molecule has 3 atom stereocenters. The van der Waals surface area contributed by atoms with Crippen molar-refractivity contribution in [1.29, 1.82) is 0 Å². The fraction of sp³-hybridized carbons (Fsp3) is 0.345. The van der Waals surface area contributed by atoms with Crippen molar-refractivity contribution < 1.29 is 23.5 Å². The number of amides is 1. The number of ketones is 1. The predicted octanol–water partition coefficient (Wildman–Crippen LogP) is 3.48. The molecule has 39 heavy (non-hydrogen) atoms. The van der Waals surface area contributed by atoms with E-state index in [1.54, 1.807) is 41.6 Å². The van der Waals surface area contributed by atoms with E-state index in [4.69, 9.17) is 19.6 Å². The maximum atomic E-state index is 12.8. The van der Waals surface area contributed by atoms with Gasteiger partial charge in [0.2, 0.25) is 5.91 Å². The van der Waals surface area contributed by atoms with Crippen molar-refractivity contribution in [3.05, 3.63) is 60.0 Å². The number of rotatable bonds is 6. The summed E-state index contributed by atoms with van der Waals surface area (Å²) in [6, 6.07) is 10.4. The number of aliphatic hydroxyl groups is 1. The van der Waals surface area contributed by atoms with Crippen molar-refractivity contribution in [2.75, 3.05) is 19.4 Å². The fourth-order valence-corrected chi connectivity index (χ4v) is 6.20. The Morgan fingerprint density at radius 3 is 2.44 bits per heavy atom. The van der Waals surface area contributed by atoms with Crippen LogP contribution in [0.5, 0.6) is 5.75 Å². The zero-order valence-corrected chi connectivity index (χ0v) is 21.4. The lowest BCUT2D eigenvalue weighted by Gasteiger charge is -2.39. The van der Waals surface area contributed by atoms with Gasteiger partial charge in [0, 0.05) is 40.9 Å². The Balaban J connectivity index is 1.33. The average molecular weight is 530 g/mol. The van der Waals surface area contributed by atoms with Crippen LogP contribution in [0.15, 0.2) is 48.8 Å². The molecule has 1 aromatic carbocycles. The number of ether oxygens (including phenoxy) is 1. The molecule has 2 aliphatic heterocycles. The third-order valence-electron chi connectivity index (χ3n) is 7.95. The topological polar surface area (TPSA) is 136 Å². The number of methoxy groups -OCH3 is 1. The van der Waals surface area contributed by atoms with Gasteiger partial charge in [-0.05, 0) is 62.9 Å². The van der Waals surface area contributed by atoms with Crippen LogP contribution in [0.2, 0.25) is 0 Å². The molecular formula is C29H30N6O4. The fourth-order valence-electron chi connectivity index (χ4n) is 6.20. The smallest absolute Gasteiger partial charge is 0.248 e. The van der Waals surface area contributed by atoms with Gasteiger partial charge in [-0.2, -0.15) is 9.61 Å². The third kappa shape index (κ3) is 4.21. The summed E-state index contributed by atoms with van der Waals surface area (Å²) in [5.41, 5.74) is 10.9. The number of fused-ring (bicyclic) bond motifs is 3. The molecule has 200 valence electrons. The minimum Gasteiger partial charge on any atom is -0.497 e. The molecule has 1 amide bonds. The molecule has 10 nitrogen and oxygen atoms in total. The Morgan fingerprint density at radius 1 is 1.10 bits per heavy atom. The molecule has 2 aliphatic rings. The van der Waals surface area contributed by atoms with Gasteiger partial charge in [0.25, 0.3) is 0 Å². The molecule has 10 heteroatoms. The quantitative estimate of drug-likeness (QED) is 0.362. The van der Waals surface area contributed by atoms with Gasteiger partial charge in [-0.1, -0.05) is 6.07 Å². The summed E-state index contributed by atoms with van der Waals surface area (Å²) in [7, 11) is -2.52. The van der Waals surface area contributed by atoms with E-state index in [0.717, 1.165) is 24.0 Å². The molecule has 2 bridgehead atoms. The molecule has 0 saturated carbocycles. The first-order chi connectivity index (χ1) is 20.0. The maximum Gasteiger partial charge on any atom is 0.248 e. The highest BCUT2D eigenvalue weighted by Gasteiger charge is 2.44. The number of anilines is 1. The number of benzene rings is 1. The molecule has 2 saturated heterocycles. The Bertz CT molecular complexity index is 1660. The Morgan fingerprint density at radius 2 is 1.82 bits per heavy atom. The molecule has 4 aromatic rings. The van der Waals surface area contributed by atoms with E-state index >= 15 is 0 Å². The molecule has 0 radical (unpaired) electrons. The van der Waals surface area contributed by atoms with Crippen molar-refractivity contribution in [2.24, 2.45) is 0 Å². The third-order valence-corrected chi connectivity index (χ3v) is 7.95. The van der Waals surface area contributed by atoms with Gasteiger partial charge in [-0.25, -0.2) is 4.98 Å². The van der Waals surface area contributed by atoms with Gasteiger partial charge in [0.15, 0.2) is 11.4 Å². The van der Waals surface area contributed by atoms with Crippen LogP contribution < -0.4 is 10.5 Å². The predicted molar refractivity (Wildman–Crippen MR) is 145 cm³/mol. The van der Waals surface area contributed by atoms with Crippen LogP contribution in [-0.4, -0.2) is 67.0 Å². The standard InChI is InChI=1S/C29H30N6O4/c1-16(37)26-27(19-11-20-6-7-21(12-19)34(20)25(38)15-36)33-29-23(14-32-35(29)28(26)30)18-5-10-24(31-13-18)17-3-8-22(39-2)9-4-17/h3-5,8-10,13-14,19-21,36H,6-7,11-12,15,30H2,1-2H3/t19?,20-,21+/i2D3. The number of carbonyl (C=O) groups is 2. The van der Waals surface area contributed by atoms with E-state index in [1.807, 2.05) is 12.1 Å². The van der Waals surface area contributed by atoms with Crippen LogP contribution in [0.25, 0.3) is 28.0 Å². The van der Waals surface area contributed by atoms with Crippen LogP contribution in [0, 0.1) is 0 Å². The minimum atomic E-state index is -2.52. The summed E-state index contributed by atoms with van der Waals surface area (Å²) < 4.78 is 28.1. The Labute approximate surface area is 229 Å². The number of nitrogen functional groups attached to an aromatic ring is 1. The molecule has 3 N–H and O–H groups in total. The summed E-state index contributed by atoms with van der Waals surface area (Å²) in [6.45, 7) is 0.959. The van der Waals surface area contributed by atoms with E-state index in [2.05, 4.69) is 10.1 Å². The normalized spacial score (nSPS) is 21.8. The first-order valence-corrected chi connectivity index (χ1v) is 12.9. The van der Waals surface area contributed by atoms with Gasteiger partial charge in [-0.15, -0.1) is 0 Å². The molecule has 3 aromatic heterocycles. The molecule has 0 aliphatic carbocycles. The highest BCUT2D eigenvalue weighted by atomic mass is 16.5. The average Bonchev–Trinajstić information content (AvgIpc) is 3.50. The zero-order valence-electron chi connectivity index (χ0n) is 24.4. The largest absolute Gasteiger partial charge is 0.497 e. The number of hydrogen-bond donors (Lipinski definition) is 2. The highest BCUT2D eigenvalue weighted by Crippen LogP contribution is 2.44. The number of hydrogen-bond acceptors (Lipinski definition) is 8. The SMILES string of the molecule is [2H]C([2H])([2H])Oc1ccc(-c2ccc(-c3cnn4c(N)c(C(C)=O)c(C5C[C@H]6CC[C@@H](C5)N6C(=O)CO)nc34)cn2)cc1. The summed E-state index contributed by atoms with van der Waals surface area (Å²) in [6.07, 6.45) is 6.34. The molecule has 1 unspecified atom stereocenters. The number of Topliss-reactive ketones (excluding diaryl/α,β-unsaturated/α-hetero) is 1. The van der Waals surface area contributed by atoms with E-state index in [0.29, 0.717) is 41.0 Å². The van der Waals surface area contributed by atoms with E-state index in [1.165, 1.54) is 11.4 Å². The van der Waals surface area contributed by atoms with E-state index in [9.17, 15) is 14.7 Å². The lowest BCUT2D eigenvalue weighted by atomic mass is 9.85. The number of nitrogens with zero attached hydrogens (tertiary/aromatic N) is 5. The molecule has 5 heterocycles. The lowest BCUT2D eigenvalue weighted by molar-refractivity contribution is -0.138. The van der Waals surface area contributed by atoms with Crippen LogP contribution >= 0.6 is 0 Å². The van der Waals surface area contributed by atoms with E-state index in [-0.39, 0.29) is 41.3 Å². The minimum absolute atomic E-state index is 0.0114. The van der Waals surface area contributed by atoms with Crippen LogP contribution in [0.4, 0.5) is 5.82 Å². The number of pyridine rings is 1. The molecular weight excluding hydrogens is 496 g/mol. The monoisotopic (exact) mass is 529 g/mol. The van der Waals surface area contributed by atoms with Gasteiger partial charge in [0.1, 0.15) is 18.2 Å². The Kier molecular flexibility index (Phi) is 5.41. The van der Waals surface area contributed by atoms with Crippen LogP contribution in [0.1, 0.15) is 58.7 Å². The van der Waals surface area contributed by atoms with Crippen molar-refractivity contribution in [2.45, 2.75) is 50.6 Å². The summed E-state index contributed by atoms with van der Waals surface area (Å²) in [4.78, 5) is 36.6. The van der Waals surface area contributed by atoms with Crippen molar-refractivity contribution >= 4 is 23.2 Å². The number of carbonyl (C=O) groups excluding carboxylic acids is 2. The number of piperidine rings is 1. The summed E-state index contributed by atoms with van der Waals surface area (Å²) in [5, 5.41) is 13.9. The van der Waals surface area contributed by atoms with Crippen molar-refractivity contribution in [3.63, 3.8) is 0 Å². The number of aromatic nitrogens is 4. The molecule has 0 spiro atoms. The second-order valence-corrected chi connectivity index (χ2v) is 10.2. The van der Waals surface area contributed by atoms with Crippen molar-refractivity contribution in [3.8, 4) is 28.1 Å². The van der Waals surface area contributed by atoms with Crippen LogP contribution in [0.3, 0.4) is 0 Å². The van der Waals surface area contributed by atoms with Gasteiger partial charge >= 0.3 is 0 Å². The first-order valence-electron chi connectivity index (χ1n) is 14.4. The zero-order chi connectivity index (χ0) is 29.8. The van der Waals surface area contributed by atoms with Gasteiger partial charge in [0.05, 0.1) is 34.3 Å². The highest BCUT2D eigenvalue weighted by molar-refractivity contribution is 6.00. The molecule has 2 fully saturated rings. The van der Waals surface area contributed by atoms with E-state index < -0.39 is 13.6 Å². The Hall–Kier alpha value is -4.31. The first kappa shape index (κ1) is 21.6. The second kappa shape index (κ2) is 9.77. The van der Waals surface area contributed by atoms with Crippen molar-refractivity contribution in [1.82, 2.24) is 24.5 Å². The number of aliphatic hydroxyl groups excluding tert-OH is 1. The molecule has 6 rings (SSSR count). The lowest BCUT2D eigenvalue weighted by Crippen LogP contribution is -2.47. The van der Waals surface area contributed by atoms with Gasteiger partial charge in [-0.3, -0.25) is 14.6 Å². The summed E-state index contributed by atoms with van der Waals surface area (Å²) >= 11 is 0. The van der Waals surface area contributed by atoms with Crippen LogP contribution in [-0.2, 0) is 4.79 Å². The van der Waals surface area contributed by atoms with Gasteiger partial charge < -0.3 is 20.5 Å². The second-order valence-electron chi connectivity index (χ2n) is 10.2. The summed E-state index contributed by atoms with van der Waals surface area (Å²) in [5.74, 6) is -0.0679.